The fraction of sp³-hybridized carbons (Fsp3) is 0.176. The second-order valence-corrected chi connectivity index (χ2v) is 8.06. The van der Waals surface area contributed by atoms with Crippen LogP contribution in [0.15, 0.2) is 29.6 Å². The fourth-order valence-electron chi connectivity index (χ4n) is 2.55. The number of amides is 1. The summed E-state index contributed by atoms with van der Waals surface area (Å²) < 4.78 is 20.7. The van der Waals surface area contributed by atoms with E-state index in [0.717, 1.165) is 11.8 Å². The predicted octanol–water partition coefficient (Wildman–Crippen LogP) is -0.535. The number of nitrogens with zero attached hydrogens (tertiary/aromatic N) is 3. The molecule has 1 amide bonds. The molecule has 0 unspecified atom stereocenters. The van der Waals surface area contributed by atoms with Crippen LogP contribution in [0.25, 0.3) is 11.0 Å². The van der Waals surface area contributed by atoms with Crippen LogP contribution in [0.4, 0.5) is 5.69 Å². The van der Waals surface area contributed by atoms with Crippen molar-refractivity contribution in [2.45, 2.75) is 12.1 Å². The number of hydrogen-bond acceptors (Lipinski definition) is 8. The molecule has 1 aromatic carbocycles. The first-order chi connectivity index (χ1) is 14.2. The van der Waals surface area contributed by atoms with Crippen LogP contribution < -0.4 is 44.1 Å². The number of rotatable bonds is 7. The van der Waals surface area contributed by atoms with E-state index in [-0.39, 0.29) is 65.5 Å². The number of ether oxygens (including phenoxy) is 1. The van der Waals surface area contributed by atoms with Crippen LogP contribution in [0.3, 0.4) is 0 Å². The molecule has 0 fully saturated rings. The van der Waals surface area contributed by atoms with Crippen molar-refractivity contribution in [1.29, 1.82) is 5.26 Å². The molecule has 4 N–H and O–H groups in total. The molecule has 3 aromatic rings. The number of nitriles is 1. The summed E-state index contributed by atoms with van der Waals surface area (Å²) >= 11 is 1.15. The molecule has 0 radical (unpaired) electrons. The van der Waals surface area contributed by atoms with Gasteiger partial charge in [0.1, 0.15) is 11.8 Å². The molecule has 0 spiro atoms. The molecule has 0 aliphatic rings. The smallest absolute Gasteiger partial charge is 1.00 e. The van der Waals surface area contributed by atoms with E-state index < -0.39 is 7.82 Å². The van der Waals surface area contributed by atoms with Crippen LogP contribution in [0.2, 0.25) is 0 Å². The third kappa shape index (κ3) is 6.44. The normalized spacial score (nSPS) is 10.8. The van der Waals surface area contributed by atoms with Crippen molar-refractivity contribution in [1.82, 2.24) is 15.0 Å². The van der Waals surface area contributed by atoms with Gasteiger partial charge in [0.2, 0.25) is 5.91 Å². The maximum Gasteiger partial charge on any atom is 1.00 e. The second kappa shape index (κ2) is 10.5. The van der Waals surface area contributed by atoms with E-state index in [9.17, 15) is 9.36 Å². The van der Waals surface area contributed by atoms with Crippen molar-refractivity contribution in [3.8, 4) is 17.6 Å². The number of hydrogen-bond donors (Lipinski definition) is 4. The molecule has 2 heterocycles. The molecule has 3 rings (SSSR count). The number of H-pyrrole nitrogens is 1. The third-order valence-electron chi connectivity index (χ3n) is 3.85. The predicted molar refractivity (Wildman–Crippen MR) is 109 cm³/mol. The number of phosphoric ester groups is 1. The zero-order valence-electron chi connectivity index (χ0n) is 17.7. The van der Waals surface area contributed by atoms with Crippen molar-refractivity contribution in [3.05, 3.63) is 35.7 Å². The SMILES string of the molecule is COc1ccc(NC(=O)CSc2nc3c(C)c(C#N)ncc3[nH]2)cc1OP(=O)(O)O.[H-].[Na+]. The van der Waals surface area contributed by atoms with Gasteiger partial charge in [-0.3, -0.25) is 14.6 Å². The van der Waals surface area contributed by atoms with Crippen molar-refractivity contribution in [2.24, 2.45) is 0 Å². The Morgan fingerprint density at radius 1 is 1.42 bits per heavy atom. The zero-order valence-corrected chi connectivity index (χ0v) is 20.5. The Morgan fingerprint density at radius 2 is 2.16 bits per heavy atom. The molecule has 158 valence electrons. The van der Waals surface area contributed by atoms with Crippen molar-refractivity contribution >= 4 is 42.2 Å². The van der Waals surface area contributed by atoms with Crippen molar-refractivity contribution in [3.63, 3.8) is 0 Å². The van der Waals surface area contributed by atoms with E-state index in [1.807, 2.05) is 6.07 Å². The van der Waals surface area contributed by atoms with Gasteiger partial charge in [-0.2, -0.15) is 5.26 Å². The molecule has 0 saturated heterocycles. The summed E-state index contributed by atoms with van der Waals surface area (Å²) in [6, 6.07) is 6.17. The number of thioether (sulfide) groups is 1. The van der Waals surface area contributed by atoms with Crippen LogP contribution in [-0.4, -0.2) is 43.5 Å². The second-order valence-electron chi connectivity index (χ2n) is 5.93. The van der Waals surface area contributed by atoms with Gasteiger partial charge in [-0.1, -0.05) is 11.8 Å². The molecule has 2 aromatic heterocycles. The molecule has 11 nitrogen and oxygen atoms in total. The Labute approximate surface area is 204 Å². The quantitative estimate of drug-likeness (QED) is 0.199. The average Bonchev–Trinajstić information content (AvgIpc) is 3.10. The van der Waals surface area contributed by atoms with Crippen LogP contribution in [0.1, 0.15) is 12.7 Å². The molecule has 14 heteroatoms. The van der Waals surface area contributed by atoms with Gasteiger partial charge in [-0.15, -0.1) is 0 Å². The molecule has 31 heavy (non-hydrogen) atoms. The fourth-order valence-corrected chi connectivity index (χ4v) is 3.62. The Bertz CT molecular complexity index is 1210. The number of fused-ring (bicyclic) bond motifs is 1. The summed E-state index contributed by atoms with van der Waals surface area (Å²) in [5.41, 5.74) is 2.48. The van der Waals surface area contributed by atoms with Crippen molar-refractivity contribution < 1.29 is 59.4 Å². The number of aromatic amines is 1. The first kappa shape index (κ1) is 25.2. The van der Waals surface area contributed by atoms with Gasteiger partial charge in [-0.25, -0.2) is 14.5 Å². The first-order valence-corrected chi connectivity index (χ1v) is 10.8. The number of benzene rings is 1. The van der Waals surface area contributed by atoms with E-state index in [0.29, 0.717) is 21.8 Å². The molecule has 0 aliphatic carbocycles. The summed E-state index contributed by atoms with van der Waals surface area (Å²) in [7, 11) is -3.47. The first-order valence-electron chi connectivity index (χ1n) is 8.31. The summed E-state index contributed by atoms with van der Waals surface area (Å²) in [6.45, 7) is 1.75. The van der Waals surface area contributed by atoms with Crippen LogP contribution in [0.5, 0.6) is 11.5 Å². The van der Waals surface area contributed by atoms with Gasteiger partial charge < -0.3 is 21.0 Å². The minimum Gasteiger partial charge on any atom is -1.00 e. The molecular formula is C17H17N5NaO6PS. The van der Waals surface area contributed by atoms with Crippen LogP contribution in [-0.2, 0) is 9.36 Å². The summed E-state index contributed by atoms with van der Waals surface area (Å²) in [5.74, 6) is -0.461. The van der Waals surface area contributed by atoms with Gasteiger partial charge >= 0.3 is 37.4 Å². The van der Waals surface area contributed by atoms with Gasteiger partial charge in [-0.05, 0) is 19.1 Å². The van der Waals surface area contributed by atoms with Gasteiger partial charge in [0.15, 0.2) is 16.7 Å². The molecule has 0 aliphatic heterocycles. The maximum absolute atomic E-state index is 12.3. The number of nitrogens with one attached hydrogen (secondary N) is 2. The van der Waals surface area contributed by atoms with E-state index in [4.69, 9.17) is 19.8 Å². The maximum atomic E-state index is 12.3. The Kier molecular flexibility index (Phi) is 8.50. The Morgan fingerprint density at radius 3 is 2.81 bits per heavy atom. The molecule has 0 bridgehead atoms. The number of phosphoric acid groups is 1. The monoisotopic (exact) mass is 473 g/mol. The minimum atomic E-state index is -4.79. The molecule has 0 saturated carbocycles. The number of pyridine rings is 1. The number of anilines is 1. The third-order valence-corrected chi connectivity index (χ3v) is 5.16. The van der Waals surface area contributed by atoms with Crippen LogP contribution >= 0.6 is 19.6 Å². The molecular weight excluding hydrogens is 456 g/mol. The van der Waals surface area contributed by atoms with Crippen LogP contribution in [0, 0.1) is 18.3 Å². The Balaban J connectivity index is 0.00000256. The van der Waals surface area contributed by atoms with Gasteiger partial charge in [0.05, 0.1) is 30.1 Å². The number of aryl methyl sites for hydroxylation is 1. The van der Waals surface area contributed by atoms with Gasteiger partial charge in [0, 0.05) is 17.3 Å². The summed E-state index contributed by atoms with van der Waals surface area (Å²) in [4.78, 5) is 41.7. The number of aromatic nitrogens is 3. The topological polar surface area (TPSA) is 170 Å². The largest absolute Gasteiger partial charge is 1.00 e. The average molecular weight is 473 g/mol. The van der Waals surface area contributed by atoms with E-state index >= 15 is 0 Å². The number of imidazole rings is 1. The standard InChI is InChI=1S/C17H16N5O6PS.Na.H/c1-9-11(6-18)19-7-12-16(9)22-17(21-12)30-8-15(23)20-10-3-4-13(27-2)14(5-10)28-29(24,25)26;;/h3-5,7H,8H2,1-2H3,(H,20,23)(H,21,22)(H2,24,25,26);;/q;+1;-1. The van der Waals surface area contributed by atoms with E-state index in [2.05, 4.69) is 24.8 Å². The van der Waals surface area contributed by atoms with E-state index in [1.165, 1.54) is 31.5 Å². The number of methoxy groups -OCH3 is 1. The van der Waals surface area contributed by atoms with E-state index in [1.54, 1.807) is 6.92 Å². The zero-order chi connectivity index (χ0) is 21.9. The Hall–Kier alpha value is -2.10. The summed E-state index contributed by atoms with van der Waals surface area (Å²) in [6.07, 6.45) is 1.51. The minimum absolute atomic E-state index is 0. The number of carbonyl (C=O) groups excluding carboxylic acids is 1. The molecule has 0 atom stereocenters. The van der Waals surface area contributed by atoms with Crippen molar-refractivity contribution in [2.75, 3.05) is 18.2 Å². The summed E-state index contributed by atoms with van der Waals surface area (Å²) in [5, 5.41) is 12.1. The van der Waals surface area contributed by atoms with Gasteiger partial charge in [0.25, 0.3) is 0 Å². The number of carbonyl (C=O) groups is 1.